The Labute approximate surface area is 125 Å². The zero-order valence-corrected chi connectivity index (χ0v) is 12.3. The lowest BCUT2D eigenvalue weighted by Crippen LogP contribution is -2.46. The van der Waals surface area contributed by atoms with Crippen molar-refractivity contribution in [1.29, 1.82) is 0 Å². The minimum absolute atomic E-state index is 0.298. The van der Waals surface area contributed by atoms with E-state index >= 15 is 0 Å². The van der Waals surface area contributed by atoms with E-state index in [0.717, 1.165) is 43.4 Å². The van der Waals surface area contributed by atoms with E-state index in [4.69, 9.17) is 11.6 Å². The molecular weight excluding hydrogens is 296 g/mol. The number of carbonyl (C=O) groups excluding carboxylic acids is 1. The summed E-state index contributed by atoms with van der Waals surface area (Å²) in [6.45, 7) is 3.45. The average Bonchev–Trinajstić information content (AvgIpc) is 2.89. The van der Waals surface area contributed by atoms with Crippen LogP contribution in [0.2, 0.25) is 5.15 Å². The Bertz CT molecular complexity index is 596. The molecule has 0 saturated carbocycles. The largest absolute Gasteiger partial charge is 0.353 e. The van der Waals surface area contributed by atoms with Gasteiger partial charge < -0.3 is 9.80 Å². The number of piperazine rings is 1. The lowest BCUT2D eigenvalue weighted by Gasteiger charge is -2.35. The minimum atomic E-state index is 0.298. The molecular formula is C13H13ClN4OS. The van der Waals surface area contributed by atoms with Crippen molar-refractivity contribution in [2.24, 2.45) is 0 Å². The Morgan fingerprint density at radius 1 is 1.20 bits per heavy atom. The molecule has 0 radical (unpaired) electrons. The summed E-state index contributed by atoms with van der Waals surface area (Å²) in [6, 6.07) is 5.92. The predicted octanol–water partition coefficient (Wildman–Crippen LogP) is 2.33. The number of aldehydes is 1. The molecule has 1 saturated heterocycles. The standard InChI is InChI=1S/C13H13ClN4OS/c14-12-10(9-19)20-13(16-12)18-7-5-17(6-8-18)11-3-1-2-4-15-11/h1-4,9H,5-8H2. The first kappa shape index (κ1) is 13.3. The Morgan fingerprint density at radius 2 is 1.95 bits per heavy atom. The topological polar surface area (TPSA) is 49.3 Å². The summed E-state index contributed by atoms with van der Waals surface area (Å²) < 4.78 is 0. The van der Waals surface area contributed by atoms with Crippen molar-refractivity contribution >= 4 is 40.2 Å². The third kappa shape index (κ3) is 2.62. The molecule has 5 nitrogen and oxygen atoms in total. The summed E-state index contributed by atoms with van der Waals surface area (Å²) in [5.74, 6) is 0.998. The summed E-state index contributed by atoms with van der Waals surface area (Å²) in [7, 11) is 0. The number of hydrogen-bond acceptors (Lipinski definition) is 6. The number of thiazole rings is 1. The molecule has 1 aliphatic rings. The molecule has 0 amide bonds. The van der Waals surface area contributed by atoms with E-state index in [1.54, 1.807) is 6.20 Å². The molecule has 3 heterocycles. The van der Waals surface area contributed by atoms with Crippen molar-refractivity contribution in [1.82, 2.24) is 9.97 Å². The molecule has 3 rings (SSSR count). The predicted molar refractivity (Wildman–Crippen MR) is 81.2 cm³/mol. The first-order chi connectivity index (χ1) is 9.78. The fourth-order valence-electron chi connectivity index (χ4n) is 2.18. The molecule has 1 aliphatic heterocycles. The van der Waals surface area contributed by atoms with E-state index < -0.39 is 0 Å². The lowest BCUT2D eigenvalue weighted by molar-refractivity contribution is 0.112. The molecule has 0 bridgehead atoms. The van der Waals surface area contributed by atoms with Gasteiger partial charge >= 0.3 is 0 Å². The van der Waals surface area contributed by atoms with Gasteiger partial charge in [0.05, 0.1) is 0 Å². The molecule has 0 spiro atoms. The quantitative estimate of drug-likeness (QED) is 0.815. The van der Waals surface area contributed by atoms with Crippen molar-refractivity contribution in [2.45, 2.75) is 0 Å². The van der Waals surface area contributed by atoms with Gasteiger partial charge in [-0.25, -0.2) is 9.97 Å². The fraction of sp³-hybridized carbons (Fsp3) is 0.308. The summed E-state index contributed by atoms with van der Waals surface area (Å²) >= 11 is 7.25. The number of hydrogen-bond donors (Lipinski definition) is 0. The molecule has 0 unspecified atom stereocenters. The zero-order valence-electron chi connectivity index (χ0n) is 10.7. The second-order valence-corrected chi connectivity index (χ2v) is 5.80. The Kier molecular flexibility index (Phi) is 3.84. The number of pyridine rings is 1. The smallest absolute Gasteiger partial charge is 0.187 e. The number of halogens is 1. The first-order valence-electron chi connectivity index (χ1n) is 6.30. The number of nitrogens with zero attached hydrogens (tertiary/aromatic N) is 4. The summed E-state index contributed by atoms with van der Waals surface area (Å²) in [6.07, 6.45) is 2.56. The second kappa shape index (κ2) is 5.76. The monoisotopic (exact) mass is 308 g/mol. The Morgan fingerprint density at radius 3 is 2.55 bits per heavy atom. The number of anilines is 2. The molecule has 0 aromatic carbocycles. The summed E-state index contributed by atoms with van der Waals surface area (Å²) in [4.78, 5) is 24.3. The van der Waals surface area contributed by atoms with Crippen LogP contribution in [0.4, 0.5) is 10.9 Å². The maximum atomic E-state index is 10.8. The van der Waals surface area contributed by atoms with Gasteiger partial charge in [-0.3, -0.25) is 4.79 Å². The van der Waals surface area contributed by atoms with E-state index in [0.29, 0.717) is 10.0 Å². The van der Waals surface area contributed by atoms with Gasteiger partial charge in [-0.2, -0.15) is 0 Å². The third-order valence-electron chi connectivity index (χ3n) is 3.23. The van der Waals surface area contributed by atoms with E-state index in [9.17, 15) is 4.79 Å². The van der Waals surface area contributed by atoms with Crippen LogP contribution in [-0.2, 0) is 0 Å². The minimum Gasteiger partial charge on any atom is -0.353 e. The maximum Gasteiger partial charge on any atom is 0.187 e. The van der Waals surface area contributed by atoms with Gasteiger partial charge in [-0.05, 0) is 12.1 Å². The second-order valence-electron chi connectivity index (χ2n) is 4.43. The average molecular weight is 309 g/mol. The number of carbonyl (C=O) groups is 1. The number of aromatic nitrogens is 2. The lowest BCUT2D eigenvalue weighted by atomic mass is 10.3. The van der Waals surface area contributed by atoms with Crippen molar-refractivity contribution in [3.05, 3.63) is 34.4 Å². The van der Waals surface area contributed by atoms with Crippen LogP contribution < -0.4 is 9.80 Å². The highest BCUT2D eigenvalue weighted by Crippen LogP contribution is 2.29. The van der Waals surface area contributed by atoms with Gasteiger partial charge in [-0.1, -0.05) is 29.0 Å². The van der Waals surface area contributed by atoms with Crippen LogP contribution in [-0.4, -0.2) is 42.4 Å². The van der Waals surface area contributed by atoms with Crippen molar-refractivity contribution in [3.63, 3.8) is 0 Å². The molecule has 0 N–H and O–H groups in total. The molecule has 2 aromatic heterocycles. The van der Waals surface area contributed by atoms with Crippen molar-refractivity contribution in [2.75, 3.05) is 36.0 Å². The molecule has 20 heavy (non-hydrogen) atoms. The highest BCUT2D eigenvalue weighted by Gasteiger charge is 2.21. The van der Waals surface area contributed by atoms with Gasteiger partial charge in [0.1, 0.15) is 10.7 Å². The molecule has 0 aliphatic carbocycles. The van der Waals surface area contributed by atoms with Crippen LogP contribution in [0.15, 0.2) is 24.4 Å². The maximum absolute atomic E-state index is 10.8. The zero-order chi connectivity index (χ0) is 13.9. The van der Waals surface area contributed by atoms with Crippen LogP contribution in [0, 0.1) is 0 Å². The van der Waals surface area contributed by atoms with E-state index in [1.807, 2.05) is 18.2 Å². The SMILES string of the molecule is O=Cc1sc(N2CCN(c3ccccn3)CC2)nc1Cl. The van der Waals surface area contributed by atoms with E-state index in [-0.39, 0.29) is 0 Å². The van der Waals surface area contributed by atoms with Gasteiger partial charge in [-0.15, -0.1) is 0 Å². The molecule has 0 atom stereocenters. The van der Waals surface area contributed by atoms with Gasteiger partial charge in [0.2, 0.25) is 0 Å². The number of rotatable bonds is 3. The van der Waals surface area contributed by atoms with Crippen LogP contribution in [0.1, 0.15) is 9.67 Å². The molecule has 7 heteroatoms. The summed E-state index contributed by atoms with van der Waals surface area (Å²) in [5, 5.41) is 1.12. The Balaban J connectivity index is 1.67. The van der Waals surface area contributed by atoms with Crippen LogP contribution >= 0.6 is 22.9 Å². The highest BCUT2D eigenvalue weighted by atomic mass is 35.5. The normalized spacial score (nSPS) is 15.4. The van der Waals surface area contributed by atoms with Gasteiger partial charge in [0.25, 0.3) is 0 Å². The third-order valence-corrected chi connectivity index (χ3v) is 4.67. The molecule has 2 aromatic rings. The van der Waals surface area contributed by atoms with Crippen molar-refractivity contribution < 1.29 is 4.79 Å². The first-order valence-corrected chi connectivity index (χ1v) is 7.50. The van der Waals surface area contributed by atoms with Crippen LogP contribution in [0.3, 0.4) is 0 Å². The summed E-state index contributed by atoms with van der Waals surface area (Å²) in [5.41, 5.74) is 0. The highest BCUT2D eigenvalue weighted by molar-refractivity contribution is 7.17. The fourth-order valence-corrected chi connectivity index (χ4v) is 3.29. The van der Waals surface area contributed by atoms with E-state index in [2.05, 4.69) is 19.8 Å². The van der Waals surface area contributed by atoms with E-state index in [1.165, 1.54) is 11.3 Å². The Hall–Kier alpha value is -1.66. The molecule has 1 fully saturated rings. The van der Waals surface area contributed by atoms with Gasteiger partial charge in [0.15, 0.2) is 16.6 Å². The van der Waals surface area contributed by atoms with Crippen LogP contribution in [0.5, 0.6) is 0 Å². The molecule has 104 valence electrons. The van der Waals surface area contributed by atoms with Crippen molar-refractivity contribution in [3.8, 4) is 0 Å². The van der Waals surface area contributed by atoms with Gasteiger partial charge in [0, 0.05) is 32.4 Å². The van der Waals surface area contributed by atoms with Crippen LogP contribution in [0.25, 0.3) is 0 Å².